The maximum absolute atomic E-state index is 11.3. The van der Waals surface area contributed by atoms with Gasteiger partial charge in [-0.25, -0.2) is 13.6 Å². The Morgan fingerprint density at radius 3 is 2.50 bits per heavy atom. The van der Waals surface area contributed by atoms with Crippen molar-refractivity contribution in [1.82, 2.24) is 0 Å². The maximum atomic E-state index is 11.3. The molecule has 5 nitrogen and oxygen atoms in total. The van der Waals surface area contributed by atoms with Gasteiger partial charge in [-0.05, 0) is 31.2 Å². The van der Waals surface area contributed by atoms with E-state index in [1.54, 1.807) is 30.3 Å². The molecule has 0 radical (unpaired) electrons. The Morgan fingerprint density at radius 1 is 1.15 bits per heavy atom. The highest BCUT2D eigenvalue weighted by molar-refractivity contribution is 7.89. The first-order chi connectivity index (χ1) is 9.38. The van der Waals surface area contributed by atoms with Gasteiger partial charge < -0.3 is 10.4 Å². The molecule has 0 bridgehead atoms. The fraction of sp³-hybridized carbons (Fsp3) is 0.143. The van der Waals surface area contributed by atoms with Crippen molar-refractivity contribution < 1.29 is 13.5 Å². The lowest BCUT2D eigenvalue weighted by atomic mass is 10.1. The Bertz CT molecular complexity index is 714. The van der Waals surface area contributed by atoms with Gasteiger partial charge in [-0.2, -0.15) is 0 Å². The third kappa shape index (κ3) is 3.28. The fourth-order valence-corrected chi connectivity index (χ4v) is 2.50. The van der Waals surface area contributed by atoms with E-state index in [0.29, 0.717) is 5.69 Å². The highest BCUT2D eigenvalue weighted by Gasteiger charge is 2.12. The summed E-state index contributed by atoms with van der Waals surface area (Å²) in [5, 5.41) is 18.0. The minimum atomic E-state index is -3.72. The van der Waals surface area contributed by atoms with Crippen LogP contribution in [0.25, 0.3) is 0 Å². The Kier molecular flexibility index (Phi) is 3.96. The van der Waals surface area contributed by atoms with Crippen LogP contribution >= 0.6 is 0 Å². The summed E-state index contributed by atoms with van der Waals surface area (Å²) in [6.07, 6.45) is 0. The van der Waals surface area contributed by atoms with E-state index in [9.17, 15) is 13.5 Å². The van der Waals surface area contributed by atoms with Gasteiger partial charge >= 0.3 is 0 Å². The second-order valence-corrected chi connectivity index (χ2v) is 6.06. The summed E-state index contributed by atoms with van der Waals surface area (Å²) < 4.78 is 22.6. The number of nitrogens with two attached hydrogens (primary N) is 1. The Morgan fingerprint density at radius 2 is 1.85 bits per heavy atom. The van der Waals surface area contributed by atoms with Gasteiger partial charge in [0.05, 0.1) is 10.9 Å². The molecule has 106 valence electrons. The van der Waals surface area contributed by atoms with Crippen LogP contribution in [0.5, 0.6) is 5.75 Å². The van der Waals surface area contributed by atoms with E-state index in [-0.39, 0.29) is 16.7 Å². The van der Waals surface area contributed by atoms with Crippen LogP contribution in [0.2, 0.25) is 0 Å². The first kappa shape index (κ1) is 14.4. The molecule has 2 aromatic carbocycles. The molecule has 0 aromatic heterocycles. The molecule has 0 amide bonds. The van der Waals surface area contributed by atoms with E-state index < -0.39 is 10.0 Å². The van der Waals surface area contributed by atoms with Crippen LogP contribution in [-0.4, -0.2) is 13.5 Å². The number of rotatable bonds is 4. The van der Waals surface area contributed by atoms with Crippen LogP contribution in [0, 0.1) is 0 Å². The summed E-state index contributed by atoms with van der Waals surface area (Å²) in [4.78, 5) is 0.0481. The van der Waals surface area contributed by atoms with Crippen LogP contribution in [-0.2, 0) is 10.0 Å². The van der Waals surface area contributed by atoms with Crippen molar-refractivity contribution in [1.29, 1.82) is 0 Å². The van der Waals surface area contributed by atoms with Crippen molar-refractivity contribution in [2.45, 2.75) is 17.9 Å². The third-order valence-corrected chi connectivity index (χ3v) is 3.86. The van der Waals surface area contributed by atoms with Gasteiger partial charge in [-0.15, -0.1) is 0 Å². The monoisotopic (exact) mass is 292 g/mol. The number of primary sulfonamides is 1. The number of hydrogen-bond donors (Lipinski definition) is 3. The maximum Gasteiger partial charge on any atom is 0.238 e. The van der Waals surface area contributed by atoms with E-state index in [0.717, 1.165) is 5.56 Å². The predicted molar refractivity (Wildman–Crippen MR) is 78.0 cm³/mol. The van der Waals surface area contributed by atoms with Crippen molar-refractivity contribution in [3.05, 3.63) is 54.1 Å². The zero-order chi connectivity index (χ0) is 14.8. The van der Waals surface area contributed by atoms with Crippen LogP contribution in [0.3, 0.4) is 0 Å². The van der Waals surface area contributed by atoms with Crippen molar-refractivity contribution in [2.75, 3.05) is 5.32 Å². The van der Waals surface area contributed by atoms with Crippen molar-refractivity contribution in [3.8, 4) is 5.75 Å². The SMILES string of the molecule is CC(Nc1cccc(S(N)(=O)=O)c1)c1ccccc1O. The molecule has 2 rings (SSSR count). The summed E-state index contributed by atoms with van der Waals surface area (Å²) >= 11 is 0. The molecule has 0 aliphatic rings. The molecule has 0 aliphatic heterocycles. The van der Waals surface area contributed by atoms with E-state index >= 15 is 0 Å². The molecular weight excluding hydrogens is 276 g/mol. The molecule has 2 aromatic rings. The van der Waals surface area contributed by atoms with E-state index in [4.69, 9.17) is 5.14 Å². The molecule has 20 heavy (non-hydrogen) atoms. The number of aromatic hydroxyl groups is 1. The van der Waals surface area contributed by atoms with Gasteiger partial charge in [0.2, 0.25) is 10.0 Å². The van der Waals surface area contributed by atoms with Gasteiger partial charge in [-0.1, -0.05) is 24.3 Å². The quantitative estimate of drug-likeness (QED) is 0.805. The Balaban J connectivity index is 2.25. The average Bonchev–Trinajstić information content (AvgIpc) is 2.38. The number of anilines is 1. The number of sulfonamides is 1. The Labute approximate surface area is 118 Å². The van der Waals surface area contributed by atoms with E-state index in [1.165, 1.54) is 12.1 Å². The van der Waals surface area contributed by atoms with Gasteiger partial charge in [0.15, 0.2) is 0 Å². The summed E-state index contributed by atoms with van der Waals surface area (Å²) in [6.45, 7) is 1.87. The number of para-hydroxylation sites is 1. The topological polar surface area (TPSA) is 92.4 Å². The first-order valence-corrected chi connectivity index (χ1v) is 7.60. The normalized spacial score (nSPS) is 12.9. The van der Waals surface area contributed by atoms with E-state index in [1.807, 2.05) is 13.0 Å². The predicted octanol–water partition coefficient (Wildman–Crippen LogP) is 2.21. The lowest BCUT2D eigenvalue weighted by Gasteiger charge is -2.17. The second kappa shape index (κ2) is 5.52. The van der Waals surface area contributed by atoms with Gasteiger partial charge in [0.1, 0.15) is 5.75 Å². The molecule has 0 aliphatic carbocycles. The third-order valence-electron chi connectivity index (χ3n) is 2.95. The summed E-state index contributed by atoms with van der Waals surface area (Å²) in [7, 11) is -3.72. The number of phenolic OH excluding ortho intramolecular Hbond substituents is 1. The van der Waals surface area contributed by atoms with Crippen molar-refractivity contribution in [3.63, 3.8) is 0 Å². The van der Waals surface area contributed by atoms with Gasteiger partial charge in [-0.3, -0.25) is 0 Å². The van der Waals surface area contributed by atoms with Crippen LogP contribution in [0.1, 0.15) is 18.5 Å². The number of benzene rings is 2. The van der Waals surface area contributed by atoms with Crippen molar-refractivity contribution in [2.24, 2.45) is 5.14 Å². The van der Waals surface area contributed by atoms with E-state index in [2.05, 4.69) is 5.32 Å². The van der Waals surface area contributed by atoms with Gasteiger partial charge in [0, 0.05) is 11.3 Å². The molecule has 0 saturated heterocycles. The molecule has 0 fully saturated rings. The number of phenols is 1. The minimum absolute atomic E-state index is 0.0481. The highest BCUT2D eigenvalue weighted by Crippen LogP contribution is 2.27. The smallest absolute Gasteiger partial charge is 0.238 e. The van der Waals surface area contributed by atoms with Crippen LogP contribution in [0.15, 0.2) is 53.4 Å². The molecule has 0 heterocycles. The molecule has 1 atom stereocenters. The molecular formula is C14H16N2O3S. The van der Waals surface area contributed by atoms with Crippen LogP contribution in [0.4, 0.5) is 5.69 Å². The lowest BCUT2D eigenvalue weighted by Crippen LogP contribution is -2.13. The Hall–Kier alpha value is -2.05. The van der Waals surface area contributed by atoms with Gasteiger partial charge in [0.25, 0.3) is 0 Å². The molecule has 0 spiro atoms. The molecule has 0 saturated carbocycles. The zero-order valence-electron chi connectivity index (χ0n) is 10.9. The lowest BCUT2D eigenvalue weighted by molar-refractivity contribution is 0.465. The number of hydrogen-bond acceptors (Lipinski definition) is 4. The summed E-state index contributed by atoms with van der Waals surface area (Å²) in [6, 6.07) is 13.1. The minimum Gasteiger partial charge on any atom is -0.508 e. The molecule has 4 N–H and O–H groups in total. The van der Waals surface area contributed by atoms with Crippen LogP contribution < -0.4 is 10.5 Å². The fourth-order valence-electron chi connectivity index (χ4n) is 1.94. The van der Waals surface area contributed by atoms with Crippen molar-refractivity contribution >= 4 is 15.7 Å². The second-order valence-electron chi connectivity index (χ2n) is 4.50. The summed E-state index contributed by atoms with van der Waals surface area (Å²) in [5.41, 5.74) is 1.35. The average molecular weight is 292 g/mol. The zero-order valence-corrected chi connectivity index (χ0v) is 11.8. The highest BCUT2D eigenvalue weighted by atomic mass is 32.2. The largest absolute Gasteiger partial charge is 0.508 e. The standard InChI is InChI=1S/C14H16N2O3S/c1-10(13-7-2-3-8-14(13)17)16-11-5-4-6-12(9-11)20(15,18)19/h2-10,16-17H,1H3,(H2,15,18,19). The summed E-state index contributed by atoms with van der Waals surface area (Å²) in [5.74, 6) is 0.190. The first-order valence-electron chi connectivity index (χ1n) is 6.05. The number of nitrogens with one attached hydrogen (secondary N) is 1. The molecule has 6 heteroatoms. The molecule has 1 unspecified atom stereocenters.